The zero-order chi connectivity index (χ0) is 17.0. The lowest BCUT2D eigenvalue weighted by molar-refractivity contribution is 0.0706. The first kappa shape index (κ1) is 22.3. The average Bonchev–Trinajstić information content (AvgIpc) is 2.42. The monoisotopic (exact) mass is 364 g/mol. The minimum atomic E-state index is -2.49. The fourth-order valence-corrected chi connectivity index (χ4v) is 5.62. The van der Waals surface area contributed by atoms with E-state index in [1.165, 1.54) is 0 Å². The summed E-state index contributed by atoms with van der Waals surface area (Å²) in [6.45, 7) is 11.9. The highest BCUT2D eigenvalue weighted by molar-refractivity contribution is 7.80. The molecule has 6 heteroatoms. The van der Waals surface area contributed by atoms with E-state index < -0.39 is 8.80 Å². The van der Waals surface area contributed by atoms with Crippen LogP contribution in [-0.4, -0.2) is 38.4 Å². The normalized spacial score (nSPS) is 13.1. The number of hydrogen-bond donors (Lipinski definition) is 0. The van der Waals surface area contributed by atoms with Crippen molar-refractivity contribution in [2.24, 2.45) is 5.92 Å². The van der Waals surface area contributed by atoms with Crippen LogP contribution in [-0.2, 0) is 13.3 Å². The summed E-state index contributed by atoms with van der Waals surface area (Å²) >= 11 is 10.6. The lowest BCUT2D eigenvalue weighted by atomic mass is 9.94. The van der Waals surface area contributed by atoms with Crippen LogP contribution >= 0.6 is 24.4 Å². The van der Waals surface area contributed by atoms with Crippen LogP contribution in [0.5, 0.6) is 0 Å². The van der Waals surface area contributed by atoms with Crippen LogP contribution in [0.3, 0.4) is 0 Å². The van der Waals surface area contributed by atoms with Crippen LogP contribution in [0, 0.1) is 5.92 Å². The van der Waals surface area contributed by atoms with Gasteiger partial charge in [0.05, 0.1) is 0 Å². The van der Waals surface area contributed by atoms with E-state index in [-0.39, 0.29) is 0 Å². The molecule has 3 nitrogen and oxygen atoms in total. The predicted octanol–water partition coefficient (Wildman–Crippen LogP) is 4.99. The first-order valence-corrected chi connectivity index (χ1v) is 11.1. The topological polar surface area (TPSA) is 27.7 Å². The van der Waals surface area contributed by atoms with Gasteiger partial charge in [-0.1, -0.05) is 30.9 Å². The molecule has 0 radical (unpaired) electrons. The Morgan fingerprint density at radius 2 is 1.41 bits per heavy atom. The Balaban J connectivity index is 4.40. The maximum atomic E-state index is 5.88. The number of rotatable bonds is 14. The molecule has 0 aliphatic rings. The molecule has 0 heterocycles. The third-order valence-electron chi connectivity index (χ3n) is 3.49. The van der Waals surface area contributed by atoms with Crippen LogP contribution in [0.15, 0.2) is 0 Å². The van der Waals surface area contributed by atoms with Crippen molar-refractivity contribution in [2.75, 3.05) is 19.8 Å². The quantitative estimate of drug-likeness (QED) is 0.246. The van der Waals surface area contributed by atoms with E-state index >= 15 is 0 Å². The highest BCUT2D eigenvalue weighted by atomic mass is 32.1. The van der Waals surface area contributed by atoms with Crippen molar-refractivity contribution in [3.8, 4) is 0 Å². The van der Waals surface area contributed by atoms with Crippen LogP contribution in [0.25, 0.3) is 0 Å². The molecule has 22 heavy (non-hydrogen) atoms. The molecule has 0 fully saturated rings. The molecule has 0 aromatic rings. The van der Waals surface area contributed by atoms with Crippen LogP contribution in [0.4, 0.5) is 0 Å². The first-order chi connectivity index (χ1) is 10.4. The molecule has 130 valence electrons. The Morgan fingerprint density at radius 3 is 1.77 bits per heavy atom. The van der Waals surface area contributed by atoms with E-state index in [0.29, 0.717) is 25.7 Å². The molecule has 0 aromatic heterocycles. The molecule has 0 rings (SSSR count). The van der Waals surface area contributed by atoms with Gasteiger partial charge in [-0.15, -0.1) is 0 Å². The van der Waals surface area contributed by atoms with Gasteiger partial charge in [0.2, 0.25) is 0 Å². The summed E-state index contributed by atoms with van der Waals surface area (Å²) in [6, 6.07) is 0.877. The van der Waals surface area contributed by atoms with Gasteiger partial charge < -0.3 is 13.3 Å². The molecular formula is C16H32O3S2Si. The molecule has 0 amide bonds. The van der Waals surface area contributed by atoms with Gasteiger partial charge in [-0.25, -0.2) is 0 Å². The zero-order valence-electron chi connectivity index (χ0n) is 14.8. The van der Waals surface area contributed by atoms with Gasteiger partial charge in [-0.2, -0.15) is 0 Å². The Labute approximate surface area is 148 Å². The molecule has 0 aliphatic heterocycles. The number of hydrogen-bond acceptors (Lipinski definition) is 5. The fourth-order valence-electron chi connectivity index (χ4n) is 2.53. The van der Waals surface area contributed by atoms with Gasteiger partial charge in [-0.05, 0) is 69.5 Å². The molecule has 0 aliphatic carbocycles. The highest BCUT2D eigenvalue weighted by Crippen LogP contribution is 2.23. The molecule has 0 saturated heterocycles. The maximum Gasteiger partial charge on any atom is 0.500 e. The van der Waals surface area contributed by atoms with Gasteiger partial charge in [0.15, 0.2) is 0 Å². The second-order valence-electron chi connectivity index (χ2n) is 5.44. The standard InChI is InChI=1S/C16H32O3S2Si/c1-6-17-22(18-7-2,19-8-3)12-10-9-11-16(15(5)21)13-14(4)20/h16H,6-13H2,1-5H3. The summed E-state index contributed by atoms with van der Waals surface area (Å²) in [6.07, 6.45) is 4.15. The third-order valence-corrected chi connectivity index (χ3v) is 7.14. The van der Waals surface area contributed by atoms with E-state index in [1.54, 1.807) is 0 Å². The van der Waals surface area contributed by atoms with Crippen molar-refractivity contribution in [2.45, 2.75) is 66.3 Å². The molecule has 1 atom stereocenters. The summed E-state index contributed by atoms with van der Waals surface area (Å²) in [5.41, 5.74) is 0. The van der Waals surface area contributed by atoms with Crippen molar-refractivity contribution < 1.29 is 13.3 Å². The largest absolute Gasteiger partial charge is 0.500 e. The van der Waals surface area contributed by atoms with Gasteiger partial charge in [-0.3, -0.25) is 0 Å². The van der Waals surface area contributed by atoms with Gasteiger partial charge >= 0.3 is 8.80 Å². The average molecular weight is 365 g/mol. The molecule has 0 spiro atoms. The summed E-state index contributed by atoms with van der Waals surface area (Å²) in [5, 5.41) is 0. The second kappa shape index (κ2) is 12.7. The molecule has 0 bridgehead atoms. The zero-order valence-corrected chi connectivity index (χ0v) is 17.4. The van der Waals surface area contributed by atoms with Crippen molar-refractivity contribution >= 4 is 43.0 Å². The molecule has 0 saturated carbocycles. The van der Waals surface area contributed by atoms with E-state index in [2.05, 4.69) is 0 Å². The van der Waals surface area contributed by atoms with Gasteiger partial charge in [0.25, 0.3) is 0 Å². The fraction of sp³-hybridized carbons (Fsp3) is 0.875. The first-order valence-electron chi connectivity index (χ1n) is 8.32. The predicted molar refractivity (Wildman–Crippen MR) is 104 cm³/mol. The minimum absolute atomic E-state index is 0.426. The van der Waals surface area contributed by atoms with E-state index in [9.17, 15) is 0 Å². The Bertz CT molecular complexity index is 320. The van der Waals surface area contributed by atoms with Crippen LogP contribution < -0.4 is 0 Å². The number of thiocarbonyl (C=S) groups is 2. The van der Waals surface area contributed by atoms with E-state index in [0.717, 1.165) is 41.5 Å². The summed E-state index contributed by atoms with van der Waals surface area (Å²) in [5.74, 6) is 0.426. The van der Waals surface area contributed by atoms with E-state index in [1.807, 2.05) is 34.6 Å². The smallest absolute Gasteiger partial charge is 0.374 e. The lowest BCUT2D eigenvalue weighted by Gasteiger charge is -2.28. The maximum absolute atomic E-state index is 5.88. The van der Waals surface area contributed by atoms with Gasteiger partial charge in [0, 0.05) is 25.9 Å². The summed E-state index contributed by atoms with van der Waals surface area (Å²) < 4.78 is 17.6. The van der Waals surface area contributed by atoms with Crippen molar-refractivity contribution in [3.05, 3.63) is 0 Å². The lowest BCUT2D eigenvalue weighted by Crippen LogP contribution is -2.45. The second-order valence-corrected chi connectivity index (χ2v) is 9.51. The Morgan fingerprint density at radius 1 is 0.909 bits per heavy atom. The van der Waals surface area contributed by atoms with Crippen molar-refractivity contribution in [3.63, 3.8) is 0 Å². The Kier molecular flexibility index (Phi) is 12.8. The highest BCUT2D eigenvalue weighted by Gasteiger charge is 2.39. The Hall–Kier alpha value is 0.277. The molecule has 1 unspecified atom stereocenters. The van der Waals surface area contributed by atoms with Crippen molar-refractivity contribution in [1.29, 1.82) is 0 Å². The van der Waals surface area contributed by atoms with Crippen molar-refractivity contribution in [1.82, 2.24) is 0 Å². The molecular weight excluding hydrogens is 332 g/mol. The molecule has 0 N–H and O–H groups in total. The SMILES string of the molecule is CCO[Si](CCCCC(CC(C)=S)C(C)=S)(OCC)OCC. The third kappa shape index (κ3) is 9.42. The minimum Gasteiger partial charge on any atom is -0.374 e. The van der Waals surface area contributed by atoms with Gasteiger partial charge in [0.1, 0.15) is 0 Å². The molecule has 0 aromatic carbocycles. The number of unbranched alkanes of at least 4 members (excludes halogenated alkanes) is 1. The summed E-state index contributed by atoms with van der Waals surface area (Å²) in [4.78, 5) is 2.10. The summed E-state index contributed by atoms with van der Waals surface area (Å²) in [7, 11) is -2.49. The van der Waals surface area contributed by atoms with Crippen LogP contribution in [0.2, 0.25) is 6.04 Å². The van der Waals surface area contributed by atoms with Crippen LogP contribution in [0.1, 0.15) is 60.3 Å². The van der Waals surface area contributed by atoms with E-state index in [4.69, 9.17) is 37.7 Å².